The van der Waals surface area contributed by atoms with Gasteiger partial charge in [-0.2, -0.15) is 5.10 Å². The molecule has 0 spiro atoms. The van der Waals surface area contributed by atoms with E-state index in [9.17, 15) is 0 Å². The molecule has 0 aliphatic heterocycles. The Morgan fingerprint density at radius 3 is 2.60 bits per heavy atom. The highest BCUT2D eigenvalue weighted by molar-refractivity contribution is 5.30. The molecule has 106 valence electrons. The van der Waals surface area contributed by atoms with Crippen molar-refractivity contribution in [2.45, 2.75) is 31.3 Å². The third-order valence-corrected chi connectivity index (χ3v) is 4.07. The molecule has 0 unspecified atom stereocenters. The molecule has 0 bridgehead atoms. The molecule has 4 heteroatoms. The molecule has 1 aliphatic rings. The summed E-state index contributed by atoms with van der Waals surface area (Å²) < 4.78 is 7.04. The number of hydrogen-bond donors (Lipinski definition) is 1. The first kappa shape index (κ1) is 13.2. The van der Waals surface area contributed by atoms with E-state index in [1.165, 1.54) is 18.4 Å². The summed E-state index contributed by atoms with van der Waals surface area (Å²) in [5.41, 5.74) is 2.53. The highest BCUT2D eigenvalue weighted by Crippen LogP contribution is 2.37. The van der Waals surface area contributed by atoms with Crippen molar-refractivity contribution in [1.29, 1.82) is 0 Å². The lowest BCUT2D eigenvalue weighted by Crippen LogP contribution is -2.39. The summed E-state index contributed by atoms with van der Waals surface area (Å²) in [6.45, 7) is 0.862. The van der Waals surface area contributed by atoms with E-state index in [1.807, 2.05) is 30.1 Å². The van der Waals surface area contributed by atoms with Gasteiger partial charge < -0.3 is 10.1 Å². The summed E-state index contributed by atoms with van der Waals surface area (Å²) in [5.74, 6) is 1.61. The van der Waals surface area contributed by atoms with Crippen LogP contribution in [0.4, 0.5) is 0 Å². The SMILES string of the molecule is COc1ccc(C2CC(NCc3ccn(C)n3)C2)cc1. The van der Waals surface area contributed by atoms with Crippen molar-refractivity contribution in [2.75, 3.05) is 7.11 Å². The first-order valence-electron chi connectivity index (χ1n) is 7.10. The Morgan fingerprint density at radius 2 is 2.00 bits per heavy atom. The Bertz CT molecular complexity index is 555. The first-order chi connectivity index (χ1) is 9.74. The number of nitrogens with zero attached hydrogens (tertiary/aromatic N) is 2. The zero-order chi connectivity index (χ0) is 13.9. The van der Waals surface area contributed by atoms with E-state index < -0.39 is 0 Å². The molecule has 1 aliphatic carbocycles. The van der Waals surface area contributed by atoms with Gasteiger partial charge in [-0.25, -0.2) is 0 Å². The first-order valence-corrected chi connectivity index (χ1v) is 7.10. The third-order valence-electron chi connectivity index (χ3n) is 4.07. The van der Waals surface area contributed by atoms with Crippen molar-refractivity contribution in [3.63, 3.8) is 0 Å². The molecular formula is C16H21N3O. The van der Waals surface area contributed by atoms with Crippen LogP contribution in [0.15, 0.2) is 36.5 Å². The van der Waals surface area contributed by atoms with Crippen molar-refractivity contribution in [1.82, 2.24) is 15.1 Å². The van der Waals surface area contributed by atoms with Crippen LogP contribution in [0.1, 0.15) is 30.0 Å². The molecule has 1 saturated carbocycles. The van der Waals surface area contributed by atoms with Crippen LogP contribution in [0.3, 0.4) is 0 Å². The largest absolute Gasteiger partial charge is 0.497 e. The Balaban J connectivity index is 1.46. The Kier molecular flexibility index (Phi) is 3.74. The topological polar surface area (TPSA) is 39.1 Å². The van der Waals surface area contributed by atoms with Crippen molar-refractivity contribution in [3.8, 4) is 5.75 Å². The average molecular weight is 271 g/mol. The molecule has 0 atom stereocenters. The number of ether oxygens (including phenoxy) is 1. The van der Waals surface area contributed by atoms with Crippen molar-refractivity contribution < 1.29 is 4.74 Å². The third kappa shape index (κ3) is 2.85. The molecule has 20 heavy (non-hydrogen) atoms. The van der Waals surface area contributed by atoms with Gasteiger partial charge in [0.05, 0.1) is 12.8 Å². The molecule has 1 fully saturated rings. The number of benzene rings is 1. The Labute approximate surface area is 119 Å². The summed E-state index contributed by atoms with van der Waals surface area (Å²) in [6, 6.07) is 11.1. The minimum atomic E-state index is 0.615. The smallest absolute Gasteiger partial charge is 0.118 e. The summed E-state index contributed by atoms with van der Waals surface area (Å²) in [7, 11) is 3.66. The maximum atomic E-state index is 5.19. The molecule has 3 rings (SSSR count). The van der Waals surface area contributed by atoms with Gasteiger partial charge in [0.15, 0.2) is 0 Å². The number of hydrogen-bond acceptors (Lipinski definition) is 3. The maximum Gasteiger partial charge on any atom is 0.118 e. The predicted octanol–water partition coefficient (Wildman–Crippen LogP) is 2.46. The number of methoxy groups -OCH3 is 1. The van der Waals surface area contributed by atoms with Gasteiger partial charge in [-0.3, -0.25) is 4.68 Å². The van der Waals surface area contributed by atoms with Crippen molar-refractivity contribution in [2.24, 2.45) is 7.05 Å². The molecule has 0 saturated heterocycles. The monoisotopic (exact) mass is 271 g/mol. The van der Waals surface area contributed by atoms with Gasteiger partial charge in [0.25, 0.3) is 0 Å². The summed E-state index contributed by atoms with van der Waals surface area (Å²) >= 11 is 0. The van der Waals surface area contributed by atoms with Gasteiger partial charge in [0, 0.05) is 25.8 Å². The lowest BCUT2D eigenvalue weighted by atomic mass is 9.76. The van der Waals surface area contributed by atoms with Gasteiger partial charge in [-0.1, -0.05) is 12.1 Å². The van der Waals surface area contributed by atoms with E-state index in [4.69, 9.17) is 4.74 Å². The second-order valence-corrected chi connectivity index (χ2v) is 5.50. The highest BCUT2D eigenvalue weighted by Gasteiger charge is 2.29. The van der Waals surface area contributed by atoms with Crippen molar-refractivity contribution in [3.05, 3.63) is 47.8 Å². The fourth-order valence-corrected chi connectivity index (χ4v) is 2.74. The number of nitrogens with one attached hydrogen (secondary N) is 1. The molecule has 1 aromatic heterocycles. The zero-order valence-electron chi connectivity index (χ0n) is 12.0. The normalized spacial score (nSPS) is 21.5. The molecule has 0 radical (unpaired) electrons. The quantitative estimate of drug-likeness (QED) is 0.908. The minimum Gasteiger partial charge on any atom is -0.497 e. The van der Waals surface area contributed by atoms with E-state index in [0.29, 0.717) is 12.0 Å². The fraction of sp³-hybridized carbons (Fsp3) is 0.438. The summed E-state index contributed by atoms with van der Waals surface area (Å²) in [5, 5.41) is 7.95. The molecule has 1 N–H and O–H groups in total. The molecule has 2 aromatic rings. The lowest BCUT2D eigenvalue weighted by Gasteiger charge is -2.36. The van der Waals surface area contributed by atoms with Crippen LogP contribution < -0.4 is 10.1 Å². The van der Waals surface area contributed by atoms with Crippen LogP contribution in [-0.2, 0) is 13.6 Å². The van der Waals surface area contributed by atoms with E-state index in [0.717, 1.165) is 18.0 Å². The minimum absolute atomic E-state index is 0.615. The van der Waals surface area contributed by atoms with E-state index in [2.05, 4.69) is 28.6 Å². The van der Waals surface area contributed by atoms with Crippen LogP contribution in [0.25, 0.3) is 0 Å². The second-order valence-electron chi connectivity index (χ2n) is 5.50. The summed E-state index contributed by atoms with van der Waals surface area (Å²) in [4.78, 5) is 0. The van der Waals surface area contributed by atoms with Crippen molar-refractivity contribution >= 4 is 0 Å². The van der Waals surface area contributed by atoms with Gasteiger partial charge in [-0.05, 0) is 42.5 Å². The van der Waals surface area contributed by atoms with E-state index in [-0.39, 0.29) is 0 Å². The van der Waals surface area contributed by atoms with Gasteiger partial charge in [0.1, 0.15) is 5.75 Å². The molecular weight excluding hydrogens is 250 g/mol. The predicted molar refractivity (Wildman–Crippen MR) is 78.8 cm³/mol. The van der Waals surface area contributed by atoms with Gasteiger partial charge in [0.2, 0.25) is 0 Å². The standard InChI is InChI=1S/C16H21N3O/c1-19-8-7-14(18-19)11-17-15-9-13(10-15)12-3-5-16(20-2)6-4-12/h3-8,13,15,17H,9-11H2,1-2H3. The molecule has 1 heterocycles. The lowest BCUT2D eigenvalue weighted by molar-refractivity contribution is 0.288. The van der Waals surface area contributed by atoms with Gasteiger partial charge >= 0.3 is 0 Å². The number of rotatable bonds is 5. The van der Waals surface area contributed by atoms with E-state index >= 15 is 0 Å². The Morgan fingerprint density at radius 1 is 1.25 bits per heavy atom. The van der Waals surface area contributed by atoms with Crippen LogP contribution in [0.5, 0.6) is 5.75 Å². The molecule has 4 nitrogen and oxygen atoms in total. The van der Waals surface area contributed by atoms with Crippen LogP contribution >= 0.6 is 0 Å². The summed E-state index contributed by atoms with van der Waals surface area (Å²) in [6.07, 6.45) is 4.40. The average Bonchev–Trinajstić information content (AvgIpc) is 2.83. The molecule has 0 amide bonds. The molecule has 1 aromatic carbocycles. The maximum absolute atomic E-state index is 5.19. The number of aromatic nitrogens is 2. The van der Waals surface area contributed by atoms with Crippen LogP contribution in [0, 0.1) is 0 Å². The Hall–Kier alpha value is -1.81. The fourth-order valence-electron chi connectivity index (χ4n) is 2.74. The zero-order valence-corrected chi connectivity index (χ0v) is 12.0. The van der Waals surface area contributed by atoms with Crippen LogP contribution in [-0.4, -0.2) is 22.9 Å². The van der Waals surface area contributed by atoms with Gasteiger partial charge in [-0.15, -0.1) is 0 Å². The second kappa shape index (κ2) is 5.67. The van der Waals surface area contributed by atoms with E-state index in [1.54, 1.807) is 7.11 Å². The van der Waals surface area contributed by atoms with Crippen LogP contribution in [0.2, 0.25) is 0 Å². The highest BCUT2D eigenvalue weighted by atomic mass is 16.5. The number of aryl methyl sites for hydroxylation is 1.